The minimum atomic E-state index is -0.0195. The van der Waals surface area contributed by atoms with E-state index in [-0.39, 0.29) is 5.56 Å². The Balaban J connectivity index is 2.24. The van der Waals surface area contributed by atoms with E-state index in [0.717, 1.165) is 25.8 Å². The highest BCUT2D eigenvalue weighted by Gasteiger charge is 2.27. The maximum atomic E-state index is 12.0. The minimum absolute atomic E-state index is 0.0195. The minimum Gasteiger partial charge on any atom is -0.349 e. The number of halogens is 1. The summed E-state index contributed by atoms with van der Waals surface area (Å²) in [4.78, 5) is 18.4. The molecule has 0 spiro atoms. The van der Waals surface area contributed by atoms with E-state index in [2.05, 4.69) is 9.88 Å². The molecule has 94 valence electrons. The predicted molar refractivity (Wildman–Crippen MR) is 69.8 cm³/mol. The monoisotopic (exact) mass is 255 g/mol. The lowest BCUT2D eigenvalue weighted by Gasteiger charge is -2.38. The number of anilines is 1. The number of alkyl halides is 1. The molecule has 2 rings (SSSR count). The zero-order valence-corrected chi connectivity index (χ0v) is 10.9. The topological polar surface area (TPSA) is 38.1 Å². The first-order valence-electron chi connectivity index (χ1n) is 6.08. The normalized spacial score (nSPS) is 15.6. The van der Waals surface area contributed by atoms with Gasteiger partial charge in [-0.3, -0.25) is 4.79 Å². The largest absolute Gasteiger partial charge is 0.349 e. The maximum Gasteiger partial charge on any atom is 0.293 e. The van der Waals surface area contributed by atoms with Gasteiger partial charge in [0, 0.05) is 37.9 Å². The van der Waals surface area contributed by atoms with Crippen molar-refractivity contribution in [1.82, 2.24) is 9.55 Å². The molecule has 1 saturated carbocycles. The van der Waals surface area contributed by atoms with E-state index in [4.69, 9.17) is 11.6 Å². The molecule has 0 bridgehead atoms. The van der Waals surface area contributed by atoms with E-state index >= 15 is 0 Å². The fourth-order valence-electron chi connectivity index (χ4n) is 2.07. The zero-order valence-electron chi connectivity index (χ0n) is 10.1. The third-order valence-corrected chi connectivity index (χ3v) is 3.59. The summed E-state index contributed by atoms with van der Waals surface area (Å²) in [6.07, 6.45) is 7.81. The van der Waals surface area contributed by atoms with E-state index in [9.17, 15) is 4.79 Å². The molecule has 0 aliphatic heterocycles. The summed E-state index contributed by atoms with van der Waals surface area (Å²) in [6, 6.07) is 0.473. The van der Waals surface area contributed by atoms with E-state index in [1.807, 2.05) is 0 Å². The van der Waals surface area contributed by atoms with Crippen molar-refractivity contribution in [2.24, 2.45) is 7.05 Å². The van der Waals surface area contributed by atoms with Gasteiger partial charge in [-0.05, 0) is 25.7 Å². The summed E-state index contributed by atoms with van der Waals surface area (Å²) in [5.41, 5.74) is -0.0195. The van der Waals surface area contributed by atoms with Crippen LogP contribution >= 0.6 is 11.6 Å². The number of nitrogens with zero attached hydrogens (tertiary/aromatic N) is 3. The molecular weight excluding hydrogens is 238 g/mol. The fourth-order valence-corrected chi connectivity index (χ4v) is 2.19. The van der Waals surface area contributed by atoms with Gasteiger partial charge in [-0.25, -0.2) is 4.98 Å². The van der Waals surface area contributed by atoms with E-state index in [1.54, 1.807) is 24.0 Å². The van der Waals surface area contributed by atoms with Crippen molar-refractivity contribution >= 4 is 17.4 Å². The Morgan fingerprint density at radius 3 is 2.94 bits per heavy atom. The first kappa shape index (κ1) is 12.4. The first-order chi connectivity index (χ1) is 8.24. The van der Waals surface area contributed by atoms with Crippen LogP contribution in [-0.4, -0.2) is 28.0 Å². The van der Waals surface area contributed by atoms with Crippen LogP contribution in [0.4, 0.5) is 5.82 Å². The van der Waals surface area contributed by atoms with Gasteiger partial charge < -0.3 is 9.47 Å². The molecule has 0 unspecified atom stereocenters. The number of rotatable bonds is 5. The van der Waals surface area contributed by atoms with Crippen LogP contribution in [0, 0.1) is 0 Å². The summed E-state index contributed by atoms with van der Waals surface area (Å²) in [5, 5.41) is 0. The van der Waals surface area contributed by atoms with Crippen molar-refractivity contribution < 1.29 is 0 Å². The Bertz CT molecular complexity index is 428. The summed E-state index contributed by atoms with van der Waals surface area (Å²) in [5.74, 6) is 1.20. The Morgan fingerprint density at radius 1 is 1.59 bits per heavy atom. The van der Waals surface area contributed by atoms with Gasteiger partial charge in [0.2, 0.25) is 0 Å². The quantitative estimate of drug-likeness (QED) is 0.753. The molecule has 1 aliphatic carbocycles. The van der Waals surface area contributed by atoms with Crippen LogP contribution in [0.15, 0.2) is 17.2 Å². The molecule has 5 heteroatoms. The van der Waals surface area contributed by atoms with Crippen LogP contribution in [0.1, 0.15) is 25.7 Å². The van der Waals surface area contributed by atoms with Gasteiger partial charge in [0.1, 0.15) is 0 Å². The van der Waals surface area contributed by atoms with Crippen LogP contribution in [0.5, 0.6) is 0 Å². The highest BCUT2D eigenvalue weighted by Crippen LogP contribution is 2.27. The van der Waals surface area contributed by atoms with Gasteiger partial charge in [-0.2, -0.15) is 0 Å². The molecule has 0 atom stereocenters. The average molecular weight is 256 g/mol. The molecule has 0 N–H and O–H groups in total. The third-order valence-electron chi connectivity index (χ3n) is 3.32. The molecule has 1 aliphatic rings. The Labute approximate surface area is 106 Å². The summed E-state index contributed by atoms with van der Waals surface area (Å²) in [6.45, 7) is 0.820. The Kier molecular flexibility index (Phi) is 4.05. The molecule has 1 aromatic heterocycles. The van der Waals surface area contributed by atoms with Crippen LogP contribution in [0.25, 0.3) is 0 Å². The van der Waals surface area contributed by atoms with Gasteiger partial charge in [0.25, 0.3) is 5.56 Å². The molecular formula is C12H18ClN3O. The molecule has 0 aromatic carbocycles. The van der Waals surface area contributed by atoms with Gasteiger partial charge in [0.15, 0.2) is 5.82 Å². The SMILES string of the molecule is Cn1ccnc(N(CCCCl)C2CCC2)c1=O. The summed E-state index contributed by atoms with van der Waals surface area (Å²) >= 11 is 5.74. The highest BCUT2D eigenvalue weighted by atomic mass is 35.5. The lowest BCUT2D eigenvalue weighted by atomic mass is 9.91. The van der Waals surface area contributed by atoms with Crippen LogP contribution in [0.2, 0.25) is 0 Å². The van der Waals surface area contributed by atoms with Crippen molar-refractivity contribution in [3.63, 3.8) is 0 Å². The van der Waals surface area contributed by atoms with E-state index in [1.165, 1.54) is 6.42 Å². The third kappa shape index (κ3) is 2.63. The molecule has 4 nitrogen and oxygen atoms in total. The highest BCUT2D eigenvalue weighted by molar-refractivity contribution is 6.17. The number of aromatic nitrogens is 2. The second-order valence-electron chi connectivity index (χ2n) is 4.49. The molecule has 0 radical (unpaired) electrons. The number of hydrogen-bond donors (Lipinski definition) is 0. The lowest BCUT2D eigenvalue weighted by Crippen LogP contribution is -2.44. The molecule has 1 aromatic rings. The van der Waals surface area contributed by atoms with Crippen LogP contribution < -0.4 is 10.5 Å². The van der Waals surface area contributed by atoms with Crippen molar-refractivity contribution in [3.8, 4) is 0 Å². The van der Waals surface area contributed by atoms with Crippen LogP contribution in [0.3, 0.4) is 0 Å². The first-order valence-corrected chi connectivity index (χ1v) is 6.61. The number of aryl methyl sites for hydroxylation is 1. The predicted octanol–water partition coefficient (Wildman–Crippen LogP) is 1.77. The van der Waals surface area contributed by atoms with Crippen molar-refractivity contribution in [2.45, 2.75) is 31.7 Å². The molecule has 1 heterocycles. The smallest absolute Gasteiger partial charge is 0.293 e. The second kappa shape index (κ2) is 5.54. The van der Waals surface area contributed by atoms with Crippen molar-refractivity contribution in [1.29, 1.82) is 0 Å². The van der Waals surface area contributed by atoms with Crippen LogP contribution in [-0.2, 0) is 7.05 Å². The fraction of sp³-hybridized carbons (Fsp3) is 0.667. The molecule has 17 heavy (non-hydrogen) atoms. The van der Waals surface area contributed by atoms with Gasteiger partial charge in [-0.15, -0.1) is 11.6 Å². The van der Waals surface area contributed by atoms with E-state index in [0.29, 0.717) is 17.7 Å². The van der Waals surface area contributed by atoms with E-state index < -0.39 is 0 Å². The van der Waals surface area contributed by atoms with Crippen molar-refractivity contribution in [2.75, 3.05) is 17.3 Å². The standard InChI is InChI=1S/C12H18ClN3O/c1-15-9-7-14-11(12(15)17)16(8-3-6-13)10-4-2-5-10/h7,9-10H,2-6,8H2,1H3. The molecule has 0 amide bonds. The van der Waals surface area contributed by atoms with Gasteiger partial charge >= 0.3 is 0 Å². The second-order valence-corrected chi connectivity index (χ2v) is 4.87. The van der Waals surface area contributed by atoms with Gasteiger partial charge in [0.05, 0.1) is 0 Å². The number of hydrogen-bond acceptors (Lipinski definition) is 3. The Hall–Kier alpha value is -1.03. The molecule has 1 fully saturated rings. The molecule has 0 saturated heterocycles. The summed E-state index contributed by atoms with van der Waals surface area (Å²) < 4.78 is 1.58. The van der Waals surface area contributed by atoms with Gasteiger partial charge in [-0.1, -0.05) is 0 Å². The lowest BCUT2D eigenvalue weighted by molar-refractivity contribution is 0.382. The average Bonchev–Trinajstić information content (AvgIpc) is 2.26. The maximum absolute atomic E-state index is 12.0. The zero-order chi connectivity index (χ0) is 12.3. The Morgan fingerprint density at radius 2 is 2.35 bits per heavy atom. The van der Waals surface area contributed by atoms with Crippen molar-refractivity contribution in [3.05, 3.63) is 22.7 Å². The summed E-state index contributed by atoms with van der Waals surface area (Å²) in [7, 11) is 1.76.